The zero-order valence-corrected chi connectivity index (χ0v) is 10.7. The molecule has 0 saturated heterocycles. The Kier molecular flexibility index (Phi) is 6.18. The number of hydrogen-bond acceptors (Lipinski definition) is 4. The molecule has 0 bridgehead atoms. The SMILES string of the molecule is CCOCC(=O)OCC(=O)Nc1cccc(Cl)c1. The van der Waals surface area contributed by atoms with Gasteiger partial charge in [-0.15, -0.1) is 0 Å². The summed E-state index contributed by atoms with van der Waals surface area (Å²) in [5.41, 5.74) is 0.549. The number of anilines is 1. The van der Waals surface area contributed by atoms with E-state index in [1.165, 1.54) is 0 Å². The molecule has 0 heterocycles. The van der Waals surface area contributed by atoms with Crippen molar-refractivity contribution in [2.24, 2.45) is 0 Å². The molecule has 0 spiro atoms. The fraction of sp³-hybridized carbons (Fsp3) is 0.333. The highest BCUT2D eigenvalue weighted by molar-refractivity contribution is 6.30. The summed E-state index contributed by atoms with van der Waals surface area (Å²) in [4.78, 5) is 22.5. The molecule has 0 unspecified atom stereocenters. The quantitative estimate of drug-likeness (QED) is 0.802. The number of nitrogens with one attached hydrogen (secondary N) is 1. The fourth-order valence-corrected chi connectivity index (χ4v) is 1.33. The zero-order chi connectivity index (χ0) is 13.4. The van der Waals surface area contributed by atoms with Gasteiger partial charge in [0.2, 0.25) is 0 Å². The molecule has 0 aromatic heterocycles. The van der Waals surface area contributed by atoms with E-state index in [4.69, 9.17) is 21.1 Å². The van der Waals surface area contributed by atoms with Crippen LogP contribution in [-0.2, 0) is 19.1 Å². The summed E-state index contributed by atoms with van der Waals surface area (Å²) in [6, 6.07) is 6.69. The van der Waals surface area contributed by atoms with Crippen LogP contribution >= 0.6 is 11.6 Å². The van der Waals surface area contributed by atoms with Crippen LogP contribution in [0.5, 0.6) is 0 Å². The molecule has 5 nitrogen and oxygen atoms in total. The predicted octanol–water partition coefficient (Wildman–Crippen LogP) is 1.86. The Morgan fingerprint density at radius 2 is 2.11 bits per heavy atom. The lowest BCUT2D eigenvalue weighted by Gasteiger charge is -2.06. The highest BCUT2D eigenvalue weighted by atomic mass is 35.5. The van der Waals surface area contributed by atoms with Gasteiger partial charge < -0.3 is 14.8 Å². The molecule has 0 fully saturated rings. The summed E-state index contributed by atoms with van der Waals surface area (Å²) in [5, 5.41) is 3.07. The van der Waals surface area contributed by atoms with Gasteiger partial charge in [0.1, 0.15) is 6.61 Å². The van der Waals surface area contributed by atoms with E-state index < -0.39 is 11.9 Å². The molecule has 0 aliphatic carbocycles. The Morgan fingerprint density at radius 1 is 1.33 bits per heavy atom. The second kappa shape index (κ2) is 7.68. The first-order valence-corrected chi connectivity index (χ1v) is 5.78. The molecule has 1 aromatic rings. The minimum absolute atomic E-state index is 0.152. The molecule has 0 atom stereocenters. The van der Waals surface area contributed by atoms with Crippen LogP contribution in [0.2, 0.25) is 5.02 Å². The van der Waals surface area contributed by atoms with Gasteiger partial charge in [0.05, 0.1) is 0 Å². The predicted molar refractivity (Wildman–Crippen MR) is 67.5 cm³/mol. The van der Waals surface area contributed by atoms with Gasteiger partial charge in [-0.25, -0.2) is 4.79 Å². The van der Waals surface area contributed by atoms with Crippen LogP contribution < -0.4 is 5.32 Å². The summed E-state index contributed by atoms with van der Waals surface area (Å²) in [6.45, 7) is 1.68. The average Bonchev–Trinajstić information content (AvgIpc) is 2.34. The Labute approximate surface area is 110 Å². The van der Waals surface area contributed by atoms with Crippen LogP contribution in [-0.4, -0.2) is 31.7 Å². The van der Waals surface area contributed by atoms with E-state index in [0.29, 0.717) is 17.3 Å². The minimum atomic E-state index is -0.571. The third-order valence-electron chi connectivity index (χ3n) is 1.90. The summed E-state index contributed by atoms with van der Waals surface area (Å²) in [6.07, 6.45) is 0. The lowest BCUT2D eigenvalue weighted by atomic mass is 10.3. The maximum Gasteiger partial charge on any atom is 0.332 e. The summed E-state index contributed by atoms with van der Waals surface area (Å²) < 4.78 is 9.54. The molecule has 0 aliphatic rings. The lowest BCUT2D eigenvalue weighted by Crippen LogP contribution is -2.22. The van der Waals surface area contributed by atoms with Gasteiger partial charge in [0, 0.05) is 17.3 Å². The van der Waals surface area contributed by atoms with Crippen LogP contribution in [0, 0.1) is 0 Å². The van der Waals surface area contributed by atoms with Gasteiger partial charge in [-0.1, -0.05) is 17.7 Å². The van der Waals surface area contributed by atoms with Crippen LogP contribution in [0.4, 0.5) is 5.69 Å². The highest BCUT2D eigenvalue weighted by Crippen LogP contribution is 2.14. The number of esters is 1. The first-order valence-electron chi connectivity index (χ1n) is 5.40. The zero-order valence-electron chi connectivity index (χ0n) is 9.94. The number of benzene rings is 1. The Balaban J connectivity index is 2.31. The topological polar surface area (TPSA) is 64.6 Å². The van der Waals surface area contributed by atoms with Crippen molar-refractivity contribution in [1.29, 1.82) is 0 Å². The van der Waals surface area contributed by atoms with Crippen LogP contribution in [0.15, 0.2) is 24.3 Å². The molecule has 0 aliphatic heterocycles. The number of carbonyl (C=O) groups is 2. The molecular weight excluding hydrogens is 258 g/mol. The first kappa shape index (κ1) is 14.5. The summed E-state index contributed by atoms with van der Waals surface area (Å²) >= 11 is 5.76. The second-order valence-electron chi connectivity index (χ2n) is 3.36. The third kappa shape index (κ3) is 5.65. The molecule has 1 aromatic carbocycles. The molecule has 6 heteroatoms. The average molecular weight is 272 g/mol. The minimum Gasteiger partial charge on any atom is -0.454 e. The number of ether oxygens (including phenoxy) is 2. The van der Waals surface area contributed by atoms with Crippen molar-refractivity contribution in [3.8, 4) is 0 Å². The second-order valence-corrected chi connectivity index (χ2v) is 3.79. The largest absolute Gasteiger partial charge is 0.454 e. The van der Waals surface area contributed by atoms with E-state index in [2.05, 4.69) is 5.32 Å². The molecule has 0 saturated carbocycles. The van der Waals surface area contributed by atoms with Gasteiger partial charge in [0.25, 0.3) is 5.91 Å². The van der Waals surface area contributed by atoms with Crippen molar-refractivity contribution >= 4 is 29.2 Å². The van der Waals surface area contributed by atoms with E-state index in [1.54, 1.807) is 31.2 Å². The van der Waals surface area contributed by atoms with E-state index in [0.717, 1.165) is 0 Å². The number of rotatable bonds is 6. The van der Waals surface area contributed by atoms with Gasteiger partial charge in [-0.2, -0.15) is 0 Å². The maximum atomic E-state index is 11.4. The fourth-order valence-electron chi connectivity index (χ4n) is 1.14. The summed E-state index contributed by atoms with van der Waals surface area (Å²) in [5.74, 6) is -1.000. The Morgan fingerprint density at radius 3 is 2.78 bits per heavy atom. The smallest absolute Gasteiger partial charge is 0.332 e. The number of amides is 1. The highest BCUT2D eigenvalue weighted by Gasteiger charge is 2.07. The molecule has 18 heavy (non-hydrogen) atoms. The maximum absolute atomic E-state index is 11.4. The van der Waals surface area contributed by atoms with Crippen molar-refractivity contribution in [2.75, 3.05) is 25.1 Å². The van der Waals surface area contributed by atoms with E-state index in [9.17, 15) is 9.59 Å². The van der Waals surface area contributed by atoms with Crippen LogP contribution in [0.3, 0.4) is 0 Å². The van der Waals surface area contributed by atoms with Crippen LogP contribution in [0.25, 0.3) is 0 Å². The molecule has 98 valence electrons. The molecule has 1 rings (SSSR count). The van der Waals surface area contributed by atoms with Gasteiger partial charge >= 0.3 is 5.97 Å². The standard InChI is InChI=1S/C12H14ClNO4/c1-2-17-8-12(16)18-7-11(15)14-10-5-3-4-9(13)6-10/h3-6H,2,7-8H2,1H3,(H,14,15). The number of carbonyl (C=O) groups excluding carboxylic acids is 2. The van der Waals surface area contributed by atoms with Gasteiger partial charge in [-0.3, -0.25) is 4.79 Å². The normalized spacial score (nSPS) is 9.89. The van der Waals surface area contributed by atoms with E-state index >= 15 is 0 Å². The van der Waals surface area contributed by atoms with Gasteiger partial charge in [-0.05, 0) is 25.1 Å². The Hall–Kier alpha value is -1.59. The van der Waals surface area contributed by atoms with Gasteiger partial charge in [0.15, 0.2) is 6.61 Å². The lowest BCUT2D eigenvalue weighted by molar-refractivity contribution is -0.151. The van der Waals surface area contributed by atoms with Crippen LogP contribution in [0.1, 0.15) is 6.92 Å². The van der Waals surface area contributed by atoms with Crippen molar-refractivity contribution in [3.63, 3.8) is 0 Å². The molecule has 1 N–H and O–H groups in total. The molecular formula is C12H14ClNO4. The number of hydrogen-bond donors (Lipinski definition) is 1. The van der Waals surface area contributed by atoms with E-state index in [-0.39, 0.29) is 13.2 Å². The number of halogens is 1. The van der Waals surface area contributed by atoms with Crippen molar-refractivity contribution in [2.45, 2.75) is 6.92 Å². The monoisotopic (exact) mass is 271 g/mol. The first-order chi connectivity index (χ1) is 8.61. The summed E-state index contributed by atoms with van der Waals surface area (Å²) in [7, 11) is 0. The molecule has 1 amide bonds. The Bertz CT molecular complexity index is 422. The molecule has 0 radical (unpaired) electrons. The third-order valence-corrected chi connectivity index (χ3v) is 2.13. The van der Waals surface area contributed by atoms with E-state index in [1.807, 2.05) is 0 Å². The van der Waals surface area contributed by atoms with Crippen molar-refractivity contribution < 1.29 is 19.1 Å². The van der Waals surface area contributed by atoms with Crippen molar-refractivity contribution in [1.82, 2.24) is 0 Å². The van der Waals surface area contributed by atoms with Crippen molar-refractivity contribution in [3.05, 3.63) is 29.3 Å².